The van der Waals surface area contributed by atoms with Crippen molar-refractivity contribution in [2.45, 2.75) is 44.7 Å². The predicted molar refractivity (Wildman–Crippen MR) is 99.1 cm³/mol. The Hall–Kier alpha value is -0.930. The van der Waals surface area contributed by atoms with Gasteiger partial charge in [-0.15, -0.1) is 12.4 Å². The largest absolute Gasteiger partial charge is 0.493 e. The summed E-state index contributed by atoms with van der Waals surface area (Å²) in [6, 6.07) is 7.10. The summed E-state index contributed by atoms with van der Waals surface area (Å²) in [7, 11) is 5.71. The highest BCUT2D eigenvalue weighted by molar-refractivity contribution is 5.85. The second-order valence-corrected chi connectivity index (χ2v) is 7.83. The molecule has 0 aromatic heterocycles. The number of ether oxygens (including phenoxy) is 2. The fourth-order valence-corrected chi connectivity index (χ4v) is 5.92. The summed E-state index contributed by atoms with van der Waals surface area (Å²) >= 11 is 0. The van der Waals surface area contributed by atoms with Gasteiger partial charge in [-0.3, -0.25) is 4.90 Å². The van der Waals surface area contributed by atoms with Crippen molar-refractivity contribution in [2.24, 2.45) is 23.7 Å². The summed E-state index contributed by atoms with van der Waals surface area (Å²) < 4.78 is 10.8. The van der Waals surface area contributed by atoms with E-state index in [1.54, 1.807) is 14.2 Å². The molecule has 0 aliphatic heterocycles. The minimum atomic E-state index is 0. The molecule has 134 valence electrons. The Morgan fingerprint density at radius 3 is 2.50 bits per heavy atom. The molecule has 4 heteroatoms. The summed E-state index contributed by atoms with van der Waals surface area (Å²) in [4.78, 5) is 2.60. The van der Waals surface area contributed by atoms with Gasteiger partial charge < -0.3 is 9.47 Å². The van der Waals surface area contributed by atoms with Gasteiger partial charge in [0.1, 0.15) is 0 Å². The van der Waals surface area contributed by atoms with Crippen molar-refractivity contribution in [1.82, 2.24) is 4.90 Å². The average molecular weight is 352 g/mol. The van der Waals surface area contributed by atoms with Crippen LogP contribution >= 0.6 is 12.4 Å². The molecule has 24 heavy (non-hydrogen) atoms. The van der Waals surface area contributed by atoms with Crippen molar-refractivity contribution in [2.75, 3.05) is 21.3 Å². The minimum absolute atomic E-state index is 0. The Morgan fingerprint density at radius 1 is 1.00 bits per heavy atom. The third kappa shape index (κ3) is 2.90. The molecular weight excluding hydrogens is 322 g/mol. The maximum atomic E-state index is 5.45. The van der Waals surface area contributed by atoms with Crippen molar-refractivity contribution in [3.05, 3.63) is 23.8 Å². The average Bonchev–Trinajstić information content (AvgIpc) is 3.27. The molecule has 3 aliphatic rings. The van der Waals surface area contributed by atoms with Crippen molar-refractivity contribution in [1.29, 1.82) is 0 Å². The summed E-state index contributed by atoms with van der Waals surface area (Å²) in [5, 5.41) is 0. The normalized spacial score (nSPS) is 33.4. The Bertz CT molecular complexity index is 579. The number of nitrogens with zero attached hydrogens (tertiary/aromatic N) is 1. The number of hydrogen-bond acceptors (Lipinski definition) is 3. The summed E-state index contributed by atoms with van der Waals surface area (Å²) in [5.74, 6) is 5.73. The number of benzene rings is 1. The first-order chi connectivity index (χ1) is 11.2. The third-order valence-corrected chi connectivity index (χ3v) is 6.84. The van der Waals surface area contributed by atoms with Gasteiger partial charge in [0.05, 0.1) is 14.2 Å². The number of fused-ring (bicyclic) bond motifs is 5. The van der Waals surface area contributed by atoms with Crippen molar-refractivity contribution in [3.63, 3.8) is 0 Å². The van der Waals surface area contributed by atoms with Crippen LogP contribution in [0.5, 0.6) is 11.5 Å². The number of halogens is 1. The number of methoxy groups -OCH3 is 2. The summed E-state index contributed by atoms with van der Waals surface area (Å²) in [6.07, 6.45) is 7.41. The van der Waals surface area contributed by atoms with Crippen LogP contribution in [0.1, 0.15) is 37.7 Å². The van der Waals surface area contributed by atoms with E-state index in [1.807, 2.05) is 6.07 Å². The maximum absolute atomic E-state index is 5.45. The highest BCUT2D eigenvalue weighted by atomic mass is 35.5. The van der Waals surface area contributed by atoms with Crippen LogP contribution in [0.3, 0.4) is 0 Å². The molecule has 0 N–H and O–H groups in total. The molecule has 4 rings (SSSR count). The molecule has 1 aromatic carbocycles. The van der Waals surface area contributed by atoms with E-state index in [2.05, 4.69) is 24.1 Å². The molecule has 0 amide bonds. The van der Waals surface area contributed by atoms with Crippen LogP contribution in [0.2, 0.25) is 0 Å². The zero-order valence-corrected chi connectivity index (χ0v) is 15.8. The minimum Gasteiger partial charge on any atom is -0.493 e. The summed E-state index contributed by atoms with van der Waals surface area (Å²) in [5.41, 5.74) is 1.32. The Balaban J connectivity index is 0.00000169. The molecule has 3 nitrogen and oxygen atoms in total. The second kappa shape index (κ2) is 7.13. The number of hydrogen-bond donors (Lipinski definition) is 0. The van der Waals surface area contributed by atoms with Gasteiger partial charge in [-0.05, 0) is 74.1 Å². The first-order valence-electron chi connectivity index (χ1n) is 9.12. The van der Waals surface area contributed by atoms with Gasteiger partial charge in [-0.25, -0.2) is 0 Å². The van der Waals surface area contributed by atoms with E-state index in [0.29, 0.717) is 0 Å². The lowest BCUT2D eigenvalue weighted by molar-refractivity contribution is 0.111. The topological polar surface area (TPSA) is 21.7 Å². The Kier molecular flexibility index (Phi) is 5.31. The van der Waals surface area contributed by atoms with E-state index < -0.39 is 0 Å². The summed E-state index contributed by atoms with van der Waals surface area (Å²) in [6.45, 7) is 1.01. The molecule has 0 spiro atoms. The second-order valence-electron chi connectivity index (χ2n) is 7.83. The van der Waals surface area contributed by atoms with E-state index >= 15 is 0 Å². The van der Waals surface area contributed by atoms with Crippen LogP contribution in [0.4, 0.5) is 0 Å². The fraction of sp³-hybridized carbons (Fsp3) is 0.700. The molecule has 3 fully saturated rings. The molecule has 0 saturated heterocycles. The van der Waals surface area contributed by atoms with E-state index in [1.165, 1.54) is 37.7 Å². The molecule has 3 aliphatic carbocycles. The first-order valence-corrected chi connectivity index (χ1v) is 9.12. The predicted octanol–water partition coefficient (Wildman–Crippen LogP) is 4.38. The van der Waals surface area contributed by atoms with E-state index in [9.17, 15) is 0 Å². The van der Waals surface area contributed by atoms with Crippen molar-refractivity contribution < 1.29 is 9.47 Å². The smallest absolute Gasteiger partial charge is 0.161 e. The van der Waals surface area contributed by atoms with Gasteiger partial charge in [-0.1, -0.05) is 12.5 Å². The first kappa shape index (κ1) is 17.9. The molecule has 5 atom stereocenters. The van der Waals surface area contributed by atoms with Gasteiger partial charge >= 0.3 is 0 Å². The SMILES string of the molecule is COc1ccc(CN(C)C2CC3CC2C2CCCC32)cc1OC.Cl. The molecule has 5 unspecified atom stereocenters. The van der Waals surface area contributed by atoms with Gasteiger partial charge in [0.2, 0.25) is 0 Å². The van der Waals surface area contributed by atoms with Crippen LogP contribution in [-0.2, 0) is 6.54 Å². The van der Waals surface area contributed by atoms with Gasteiger partial charge in [0, 0.05) is 12.6 Å². The Labute approximate surface area is 152 Å². The van der Waals surface area contributed by atoms with E-state index in [0.717, 1.165) is 47.8 Å². The lowest BCUT2D eigenvalue weighted by Crippen LogP contribution is -2.40. The highest BCUT2D eigenvalue weighted by Crippen LogP contribution is 2.59. The fourth-order valence-electron chi connectivity index (χ4n) is 5.92. The van der Waals surface area contributed by atoms with Gasteiger partial charge in [0.25, 0.3) is 0 Å². The van der Waals surface area contributed by atoms with Crippen LogP contribution in [0, 0.1) is 23.7 Å². The van der Waals surface area contributed by atoms with Gasteiger partial charge in [0.15, 0.2) is 11.5 Å². The van der Waals surface area contributed by atoms with Crippen molar-refractivity contribution >= 4 is 12.4 Å². The molecule has 0 heterocycles. The monoisotopic (exact) mass is 351 g/mol. The third-order valence-electron chi connectivity index (χ3n) is 6.84. The molecule has 3 saturated carbocycles. The van der Waals surface area contributed by atoms with Crippen LogP contribution in [0.25, 0.3) is 0 Å². The van der Waals surface area contributed by atoms with Crippen LogP contribution in [-0.4, -0.2) is 32.2 Å². The van der Waals surface area contributed by atoms with Crippen LogP contribution in [0.15, 0.2) is 18.2 Å². The standard InChI is InChI=1S/C20H29NO2.ClH/c1-21(12-13-7-8-19(22-2)20(9-13)23-3)18-11-14-10-17(18)16-6-4-5-15(14)16;/h7-9,14-18H,4-6,10-12H2,1-3H3;1H. The highest BCUT2D eigenvalue weighted by Gasteiger charge is 2.54. The van der Waals surface area contributed by atoms with E-state index in [4.69, 9.17) is 9.47 Å². The zero-order valence-electron chi connectivity index (χ0n) is 15.0. The zero-order chi connectivity index (χ0) is 16.0. The quantitative estimate of drug-likeness (QED) is 0.785. The maximum Gasteiger partial charge on any atom is 0.161 e. The molecule has 2 bridgehead atoms. The van der Waals surface area contributed by atoms with Gasteiger partial charge in [-0.2, -0.15) is 0 Å². The lowest BCUT2D eigenvalue weighted by Gasteiger charge is -2.37. The lowest BCUT2D eigenvalue weighted by atomic mass is 9.78. The number of rotatable bonds is 5. The molecular formula is C20H30ClNO2. The molecule has 1 aromatic rings. The van der Waals surface area contributed by atoms with E-state index in [-0.39, 0.29) is 12.4 Å². The van der Waals surface area contributed by atoms with Crippen LogP contribution < -0.4 is 9.47 Å². The molecule has 0 radical (unpaired) electrons. The van der Waals surface area contributed by atoms with Crippen molar-refractivity contribution in [3.8, 4) is 11.5 Å². The Morgan fingerprint density at radius 2 is 1.75 bits per heavy atom.